The van der Waals surface area contributed by atoms with Crippen LogP contribution >= 0.6 is 0 Å². The molecule has 1 amide bonds. The molecule has 3 rings (SSSR count). The predicted octanol–water partition coefficient (Wildman–Crippen LogP) is 2.47. The van der Waals surface area contributed by atoms with Crippen molar-refractivity contribution < 1.29 is 14.1 Å². The number of piperidine rings is 1. The highest BCUT2D eigenvalue weighted by Crippen LogP contribution is 2.36. The molecule has 1 aliphatic heterocycles. The van der Waals surface area contributed by atoms with Gasteiger partial charge in [-0.2, -0.15) is 0 Å². The fraction of sp³-hybridized carbons (Fsp3) is 0.444. The van der Waals surface area contributed by atoms with E-state index in [1.807, 2.05) is 36.4 Å². The molecule has 1 aromatic heterocycles. The van der Waals surface area contributed by atoms with Crippen molar-refractivity contribution in [2.45, 2.75) is 25.4 Å². The summed E-state index contributed by atoms with van der Waals surface area (Å²) in [5.74, 6) is 0.325. The summed E-state index contributed by atoms with van der Waals surface area (Å²) in [5, 5.41) is 10.4. The van der Waals surface area contributed by atoms with E-state index in [9.17, 15) is 4.79 Å². The molecule has 0 saturated carbocycles. The largest absolute Gasteiger partial charge is 0.445 e. The van der Waals surface area contributed by atoms with Crippen LogP contribution in [0, 0.1) is 5.92 Å². The molecule has 2 atom stereocenters. The SMILES string of the molecule is C[C@@H]1CNCC[C@]1(CNC(=O)OCc1ccccc1)c1ccon1. The highest BCUT2D eigenvalue weighted by atomic mass is 16.5. The molecule has 0 spiro atoms. The number of carbonyl (C=O) groups excluding carboxylic acids is 1. The van der Waals surface area contributed by atoms with Gasteiger partial charge in [-0.05, 0) is 31.0 Å². The zero-order valence-electron chi connectivity index (χ0n) is 13.8. The van der Waals surface area contributed by atoms with E-state index in [0.29, 0.717) is 12.5 Å². The summed E-state index contributed by atoms with van der Waals surface area (Å²) in [6.45, 7) is 4.68. The standard InChI is InChI=1S/C18H23N3O3/c1-14-11-19-9-8-18(14,16-7-10-24-21-16)13-20-17(22)23-12-15-5-3-2-4-6-15/h2-7,10,14,19H,8-9,11-13H2,1H3,(H,20,22)/t14-,18-/m1/s1. The predicted molar refractivity (Wildman–Crippen MR) is 89.5 cm³/mol. The lowest BCUT2D eigenvalue weighted by Crippen LogP contribution is -2.53. The lowest BCUT2D eigenvalue weighted by Gasteiger charge is -2.41. The number of nitrogens with zero attached hydrogens (tertiary/aromatic N) is 1. The minimum absolute atomic E-state index is 0.232. The van der Waals surface area contributed by atoms with Gasteiger partial charge in [0, 0.05) is 18.0 Å². The van der Waals surface area contributed by atoms with Gasteiger partial charge in [-0.15, -0.1) is 0 Å². The first-order valence-corrected chi connectivity index (χ1v) is 8.27. The maximum absolute atomic E-state index is 12.1. The third kappa shape index (κ3) is 3.59. The Balaban J connectivity index is 1.60. The minimum atomic E-state index is -0.410. The summed E-state index contributed by atoms with van der Waals surface area (Å²) in [6, 6.07) is 11.5. The first-order chi connectivity index (χ1) is 11.7. The van der Waals surface area contributed by atoms with Gasteiger partial charge in [-0.1, -0.05) is 42.4 Å². The van der Waals surface area contributed by atoms with Crippen molar-refractivity contribution >= 4 is 6.09 Å². The second kappa shape index (κ2) is 7.49. The Bertz CT molecular complexity index is 645. The van der Waals surface area contributed by atoms with E-state index in [4.69, 9.17) is 9.26 Å². The summed E-state index contributed by atoms with van der Waals surface area (Å²) in [5.41, 5.74) is 1.62. The van der Waals surface area contributed by atoms with E-state index in [0.717, 1.165) is 30.8 Å². The van der Waals surface area contributed by atoms with Crippen LogP contribution in [-0.4, -0.2) is 30.9 Å². The number of nitrogens with one attached hydrogen (secondary N) is 2. The van der Waals surface area contributed by atoms with Gasteiger partial charge in [0.2, 0.25) is 0 Å². The van der Waals surface area contributed by atoms with Crippen molar-refractivity contribution in [3.05, 3.63) is 53.9 Å². The number of aromatic nitrogens is 1. The van der Waals surface area contributed by atoms with E-state index >= 15 is 0 Å². The van der Waals surface area contributed by atoms with Crippen molar-refractivity contribution in [1.29, 1.82) is 0 Å². The molecule has 1 fully saturated rings. The third-order valence-electron chi connectivity index (χ3n) is 4.85. The molecular weight excluding hydrogens is 306 g/mol. The highest BCUT2D eigenvalue weighted by molar-refractivity contribution is 5.67. The molecule has 2 heterocycles. The molecule has 0 unspecified atom stereocenters. The number of carbonyl (C=O) groups is 1. The number of alkyl carbamates (subject to hydrolysis) is 1. The quantitative estimate of drug-likeness (QED) is 0.881. The molecule has 1 aliphatic rings. The molecule has 6 nitrogen and oxygen atoms in total. The van der Waals surface area contributed by atoms with E-state index in [1.54, 1.807) is 6.26 Å². The average Bonchev–Trinajstić information content (AvgIpc) is 3.15. The first kappa shape index (κ1) is 16.5. The van der Waals surface area contributed by atoms with Crippen molar-refractivity contribution in [2.75, 3.05) is 19.6 Å². The molecule has 128 valence electrons. The maximum atomic E-state index is 12.1. The molecule has 24 heavy (non-hydrogen) atoms. The van der Waals surface area contributed by atoms with Crippen LogP contribution < -0.4 is 10.6 Å². The van der Waals surface area contributed by atoms with Crippen molar-refractivity contribution in [1.82, 2.24) is 15.8 Å². The lowest BCUT2D eigenvalue weighted by molar-refractivity contribution is 0.129. The Labute approximate surface area is 141 Å². The Morgan fingerprint density at radius 3 is 2.96 bits per heavy atom. The molecular formula is C18H23N3O3. The van der Waals surface area contributed by atoms with Gasteiger partial charge in [-0.25, -0.2) is 4.79 Å². The van der Waals surface area contributed by atoms with E-state index in [2.05, 4.69) is 22.7 Å². The van der Waals surface area contributed by atoms with Crippen LogP contribution in [0.1, 0.15) is 24.6 Å². The van der Waals surface area contributed by atoms with Gasteiger partial charge in [0.05, 0.1) is 5.69 Å². The summed E-state index contributed by atoms with van der Waals surface area (Å²) >= 11 is 0. The number of hydrogen-bond donors (Lipinski definition) is 2. The van der Waals surface area contributed by atoms with Gasteiger partial charge >= 0.3 is 6.09 Å². The zero-order valence-corrected chi connectivity index (χ0v) is 13.8. The fourth-order valence-corrected chi connectivity index (χ4v) is 3.28. The molecule has 0 aliphatic carbocycles. The molecule has 1 saturated heterocycles. The number of benzene rings is 1. The second-order valence-corrected chi connectivity index (χ2v) is 6.31. The van der Waals surface area contributed by atoms with Crippen LogP contribution in [0.5, 0.6) is 0 Å². The molecule has 2 N–H and O–H groups in total. The van der Waals surface area contributed by atoms with Gasteiger partial charge in [0.25, 0.3) is 0 Å². The summed E-state index contributed by atoms with van der Waals surface area (Å²) in [4.78, 5) is 12.1. The van der Waals surface area contributed by atoms with Gasteiger partial charge < -0.3 is 19.9 Å². The molecule has 0 radical (unpaired) electrons. The third-order valence-corrected chi connectivity index (χ3v) is 4.85. The van der Waals surface area contributed by atoms with Crippen LogP contribution in [0.25, 0.3) is 0 Å². The van der Waals surface area contributed by atoms with Gasteiger partial charge in [0.1, 0.15) is 12.9 Å². The van der Waals surface area contributed by atoms with Gasteiger partial charge in [-0.3, -0.25) is 0 Å². The maximum Gasteiger partial charge on any atom is 0.407 e. The molecule has 6 heteroatoms. The van der Waals surface area contributed by atoms with Crippen molar-refractivity contribution in [3.63, 3.8) is 0 Å². The second-order valence-electron chi connectivity index (χ2n) is 6.31. The molecule has 2 aromatic rings. The number of hydrogen-bond acceptors (Lipinski definition) is 5. The number of rotatable bonds is 5. The lowest BCUT2D eigenvalue weighted by atomic mass is 9.69. The van der Waals surface area contributed by atoms with E-state index < -0.39 is 6.09 Å². The smallest absolute Gasteiger partial charge is 0.407 e. The Morgan fingerprint density at radius 2 is 2.25 bits per heavy atom. The topological polar surface area (TPSA) is 76.4 Å². The first-order valence-electron chi connectivity index (χ1n) is 8.27. The Morgan fingerprint density at radius 1 is 1.42 bits per heavy atom. The van der Waals surface area contributed by atoms with Crippen LogP contribution in [0.15, 0.2) is 47.2 Å². The van der Waals surface area contributed by atoms with Gasteiger partial charge in [0.15, 0.2) is 0 Å². The fourth-order valence-electron chi connectivity index (χ4n) is 3.28. The van der Waals surface area contributed by atoms with Crippen LogP contribution in [0.4, 0.5) is 4.79 Å². The average molecular weight is 329 g/mol. The monoisotopic (exact) mass is 329 g/mol. The Hall–Kier alpha value is -2.34. The van der Waals surface area contributed by atoms with Crippen LogP contribution in [-0.2, 0) is 16.8 Å². The van der Waals surface area contributed by atoms with Crippen LogP contribution in [0.3, 0.4) is 0 Å². The number of amides is 1. The van der Waals surface area contributed by atoms with Crippen molar-refractivity contribution in [3.8, 4) is 0 Å². The van der Waals surface area contributed by atoms with Crippen molar-refractivity contribution in [2.24, 2.45) is 5.92 Å². The summed E-state index contributed by atoms with van der Waals surface area (Å²) < 4.78 is 10.3. The van der Waals surface area contributed by atoms with E-state index in [1.165, 1.54) is 0 Å². The Kier molecular flexibility index (Phi) is 5.15. The molecule has 0 bridgehead atoms. The number of ether oxygens (including phenoxy) is 1. The zero-order chi connectivity index (χ0) is 16.8. The normalized spacial score (nSPS) is 23.6. The summed E-state index contributed by atoms with van der Waals surface area (Å²) in [7, 11) is 0. The molecule has 1 aromatic carbocycles. The van der Waals surface area contributed by atoms with E-state index in [-0.39, 0.29) is 12.0 Å². The van der Waals surface area contributed by atoms with Crippen LogP contribution in [0.2, 0.25) is 0 Å². The minimum Gasteiger partial charge on any atom is -0.445 e. The highest BCUT2D eigenvalue weighted by Gasteiger charge is 2.42. The summed E-state index contributed by atoms with van der Waals surface area (Å²) in [6.07, 6.45) is 2.06.